The lowest BCUT2D eigenvalue weighted by molar-refractivity contribution is -0.114. The fourth-order valence-corrected chi connectivity index (χ4v) is 5.63. The fraction of sp³-hybridized carbons (Fsp3) is 0.545. The Hall–Kier alpha value is -3.33. The van der Waals surface area contributed by atoms with Gasteiger partial charge in [-0.1, -0.05) is 71.1 Å². The summed E-state index contributed by atoms with van der Waals surface area (Å²) in [6, 6.07) is 9.36. The summed E-state index contributed by atoms with van der Waals surface area (Å²) in [5, 5.41) is 12.3. The second-order valence-electron chi connectivity index (χ2n) is 10.9. The number of benzene rings is 2. The molecule has 1 atom stereocenters. The van der Waals surface area contributed by atoms with Crippen LogP contribution in [-0.2, 0) is 9.53 Å². The highest BCUT2D eigenvalue weighted by atomic mass is 32.1. The largest absolute Gasteiger partial charge is 0.462 e. The molecule has 2 aromatic carbocycles. The number of aryl methyl sites for hydroxylation is 1. The van der Waals surface area contributed by atoms with Crippen LogP contribution in [0.1, 0.15) is 102 Å². The standard InChI is InChI=1S/C33H47N5O3S/c1-7-11-14-25(10-4)22-41-32(40)26-15-16-27-31(20-26)42-33(35-27)37-36-29-19-23(5)30(21-28(29)34-24(6)39)38(17-12-8-2)18-13-9-3/h15-16,19-21,25H,7-14,17-18,22H2,1-6H3,(H,34,39). The van der Waals surface area contributed by atoms with E-state index < -0.39 is 0 Å². The van der Waals surface area contributed by atoms with Gasteiger partial charge in [0.15, 0.2) is 0 Å². The molecule has 0 aliphatic heterocycles. The van der Waals surface area contributed by atoms with Crippen LogP contribution in [0.5, 0.6) is 0 Å². The smallest absolute Gasteiger partial charge is 0.338 e. The van der Waals surface area contributed by atoms with Crippen LogP contribution < -0.4 is 10.2 Å². The van der Waals surface area contributed by atoms with Crippen molar-refractivity contribution in [1.82, 2.24) is 4.98 Å². The quantitative estimate of drug-likeness (QED) is 0.124. The maximum absolute atomic E-state index is 12.7. The summed E-state index contributed by atoms with van der Waals surface area (Å²) >= 11 is 1.36. The molecule has 0 radical (unpaired) electrons. The Bertz CT molecular complexity index is 1340. The molecule has 1 N–H and O–H groups in total. The third kappa shape index (κ3) is 9.61. The number of esters is 1. The zero-order chi connectivity index (χ0) is 30.5. The molecule has 0 aliphatic rings. The van der Waals surface area contributed by atoms with Crippen LogP contribution in [0.15, 0.2) is 40.6 Å². The highest BCUT2D eigenvalue weighted by Gasteiger charge is 2.16. The Kier molecular flexibility index (Phi) is 13.4. The van der Waals surface area contributed by atoms with Crippen LogP contribution in [0.25, 0.3) is 10.2 Å². The van der Waals surface area contributed by atoms with E-state index in [1.807, 2.05) is 24.3 Å². The number of hydrogen-bond donors (Lipinski definition) is 1. The molecule has 1 unspecified atom stereocenters. The van der Waals surface area contributed by atoms with E-state index in [9.17, 15) is 9.59 Å². The lowest BCUT2D eigenvalue weighted by Crippen LogP contribution is -2.26. The molecule has 1 heterocycles. The molecule has 8 nitrogen and oxygen atoms in total. The van der Waals surface area contributed by atoms with Gasteiger partial charge in [-0.15, -0.1) is 10.2 Å². The number of ether oxygens (including phenoxy) is 1. The summed E-state index contributed by atoms with van der Waals surface area (Å²) < 4.78 is 6.47. The van der Waals surface area contributed by atoms with E-state index in [4.69, 9.17) is 4.74 Å². The summed E-state index contributed by atoms with van der Waals surface area (Å²) in [6.45, 7) is 14.7. The number of anilines is 2. The monoisotopic (exact) mass is 593 g/mol. The van der Waals surface area contributed by atoms with Gasteiger partial charge in [-0.05, 0) is 68.0 Å². The number of rotatable bonds is 17. The van der Waals surface area contributed by atoms with Crippen molar-refractivity contribution in [2.75, 3.05) is 29.9 Å². The number of thiazole rings is 1. The average molecular weight is 594 g/mol. The van der Waals surface area contributed by atoms with Gasteiger partial charge in [0.1, 0.15) is 5.69 Å². The molecule has 0 spiro atoms. The number of hydrogen-bond acceptors (Lipinski definition) is 8. The molecule has 0 fully saturated rings. The van der Waals surface area contributed by atoms with Gasteiger partial charge in [-0.25, -0.2) is 9.78 Å². The second kappa shape index (κ2) is 16.9. The van der Waals surface area contributed by atoms with Crippen molar-refractivity contribution in [1.29, 1.82) is 0 Å². The molecule has 42 heavy (non-hydrogen) atoms. The minimum absolute atomic E-state index is 0.162. The van der Waals surface area contributed by atoms with Crippen LogP contribution in [0.3, 0.4) is 0 Å². The lowest BCUT2D eigenvalue weighted by Gasteiger charge is -2.27. The van der Waals surface area contributed by atoms with Crippen LogP contribution in [0.4, 0.5) is 22.2 Å². The van der Waals surface area contributed by atoms with Gasteiger partial charge in [-0.2, -0.15) is 0 Å². The first kappa shape index (κ1) is 33.2. The van der Waals surface area contributed by atoms with E-state index in [2.05, 4.69) is 60.0 Å². The lowest BCUT2D eigenvalue weighted by atomic mass is 10.0. The number of carbonyl (C=O) groups excluding carboxylic acids is 2. The molecule has 9 heteroatoms. The Labute approximate surface area is 255 Å². The molecule has 0 saturated carbocycles. The molecule has 1 amide bonds. The Morgan fingerprint density at radius 1 is 1.00 bits per heavy atom. The van der Waals surface area contributed by atoms with Crippen molar-refractivity contribution in [3.63, 3.8) is 0 Å². The number of azo groups is 1. The third-order valence-corrected chi connectivity index (χ3v) is 8.28. The van der Waals surface area contributed by atoms with Crippen LogP contribution in [0.2, 0.25) is 0 Å². The van der Waals surface area contributed by atoms with E-state index in [0.717, 1.165) is 85.9 Å². The number of fused-ring (bicyclic) bond motifs is 1. The first-order valence-electron chi connectivity index (χ1n) is 15.5. The van der Waals surface area contributed by atoms with Gasteiger partial charge < -0.3 is 15.0 Å². The fourth-order valence-electron chi connectivity index (χ4n) is 4.80. The van der Waals surface area contributed by atoms with Crippen molar-refractivity contribution < 1.29 is 14.3 Å². The molecular formula is C33H47N5O3S. The van der Waals surface area contributed by atoms with Gasteiger partial charge in [-0.3, -0.25) is 4.79 Å². The van der Waals surface area contributed by atoms with Gasteiger partial charge in [0.2, 0.25) is 11.0 Å². The zero-order valence-electron chi connectivity index (χ0n) is 26.2. The maximum atomic E-state index is 12.7. The summed E-state index contributed by atoms with van der Waals surface area (Å²) in [7, 11) is 0. The SMILES string of the molecule is CCCCC(CC)COC(=O)c1ccc2nc(N=Nc3cc(C)c(N(CCCC)CCCC)cc3NC(C)=O)sc2c1. The number of unbranched alkanes of at least 4 members (excludes halogenated alkanes) is 3. The Morgan fingerprint density at radius 2 is 1.71 bits per heavy atom. The minimum Gasteiger partial charge on any atom is -0.462 e. The average Bonchev–Trinajstić information content (AvgIpc) is 3.39. The van der Waals surface area contributed by atoms with E-state index >= 15 is 0 Å². The van der Waals surface area contributed by atoms with Crippen molar-refractivity contribution in [3.05, 3.63) is 41.5 Å². The third-order valence-electron chi connectivity index (χ3n) is 7.38. The van der Waals surface area contributed by atoms with Crippen molar-refractivity contribution in [3.8, 4) is 0 Å². The highest BCUT2D eigenvalue weighted by molar-refractivity contribution is 7.21. The summed E-state index contributed by atoms with van der Waals surface area (Å²) in [5.41, 5.74) is 4.65. The van der Waals surface area contributed by atoms with Crippen LogP contribution in [0, 0.1) is 12.8 Å². The van der Waals surface area contributed by atoms with Crippen molar-refractivity contribution in [2.24, 2.45) is 16.1 Å². The van der Waals surface area contributed by atoms with Crippen LogP contribution in [-0.4, -0.2) is 36.6 Å². The molecule has 228 valence electrons. The van der Waals surface area contributed by atoms with Gasteiger partial charge in [0.05, 0.1) is 28.1 Å². The van der Waals surface area contributed by atoms with Crippen LogP contribution >= 0.6 is 11.3 Å². The van der Waals surface area contributed by atoms with Crippen molar-refractivity contribution in [2.45, 2.75) is 92.9 Å². The van der Waals surface area contributed by atoms with E-state index in [-0.39, 0.29) is 11.9 Å². The number of aromatic nitrogens is 1. The molecule has 0 bridgehead atoms. The number of amides is 1. The molecule has 3 aromatic rings. The predicted octanol–water partition coefficient (Wildman–Crippen LogP) is 9.76. The zero-order valence-corrected chi connectivity index (χ0v) is 27.0. The van der Waals surface area contributed by atoms with E-state index in [1.54, 1.807) is 6.07 Å². The van der Waals surface area contributed by atoms with Gasteiger partial charge >= 0.3 is 5.97 Å². The summed E-state index contributed by atoms with van der Waals surface area (Å²) in [6.07, 6.45) is 8.81. The minimum atomic E-state index is -0.314. The van der Waals surface area contributed by atoms with Crippen molar-refractivity contribution >= 4 is 55.6 Å². The predicted molar refractivity (Wildman–Crippen MR) is 175 cm³/mol. The summed E-state index contributed by atoms with van der Waals surface area (Å²) in [4.78, 5) is 31.8. The summed E-state index contributed by atoms with van der Waals surface area (Å²) in [5.74, 6) is -0.0836. The van der Waals surface area contributed by atoms with E-state index in [1.165, 1.54) is 18.3 Å². The number of carbonyl (C=O) groups is 2. The number of nitrogens with zero attached hydrogens (tertiary/aromatic N) is 4. The highest BCUT2D eigenvalue weighted by Crippen LogP contribution is 2.36. The normalized spacial score (nSPS) is 12.1. The van der Waals surface area contributed by atoms with Gasteiger partial charge in [0.25, 0.3) is 0 Å². The molecule has 3 rings (SSSR count). The second-order valence-corrected chi connectivity index (χ2v) is 11.9. The topological polar surface area (TPSA) is 96.2 Å². The van der Waals surface area contributed by atoms with Gasteiger partial charge in [0, 0.05) is 25.7 Å². The molecule has 0 saturated heterocycles. The Morgan fingerprint density at radius 3 is 2.36 bits per heavy atom. The maximum Gasteiger partial charge on any atom is 0.338 e. The first-order chi connectivity index (χ1) is 20.3. The number of nitrogens with one attached hydrogen (secondary N) is 1. The molecular weight excluding hydrogens is 546 g/mol. The Balaban J connectivity index is 1.82. The molecule has 1 aromatic heterocycles. The van der Waals surface area contributed by atoms with E-state index in [0.29, 0.717) is 34.6 Å². The molecule has 0 aliphatic carbocycles. The first-order valence-corrected chi connectivity index (χ1v) is 16.3.